The average molecular weight is 249 g/mol. The minimum Gasteiger partial charge on any atom is -0.486 e. The first-order chi connectivity index (χ1) is 8.74. The summed E-state index contributed by atoms with van der Waals surface area (Å²) in [5.74, 6) is 1.50. The van der Waals surface area contributed by atoms with Crippen molar-refractivity contribution in [3.8, 4) is 11.5 Å². The second kappa shape index (κ2) is 5.76. The van der Waals surface area contributed by atoms with E-state index in [2.05, 4.69) is 6.92 Å². The van der Waals surface area contributed by atoms with Crippen LogP contribution in [0.4, 0.5) is 5.69 Å². The second-order valence-electron chi connectivity index (χ2n) is 4.36. The van der Waals surface area contributed by atoms with Crippen LogP contribution in [0.25, 0.3) is 0 Å². The van der Waals surface area contributed by atoms with Crippen LogP contribution in [0.2, 0.25) is 0 Å². The monoisotopic (exact) mass is 249 g/mol. The lowest BCUT2D eigenvalue weighted by atomic mass is 10.2. The molecular weight excluding hydrogens is 230 g/mol. The van der Waals surface area contributed by atoms with Crippen LogP contribution in [-0.4, -0.2) is 26.2 Å². The van der Waals surface area contributed by atoms with E-state index in [0.717, 1.165) is 18.5 Å². The summed E-state index contributed by atoms with van der Waals surface area (Å²) < 4.78 is 11.1. The Balaban J connectivity index is 2.19. The highest BCUT2D eigenvalue weighted by atomic mass is 16.6. The molecule has 0 N–H and O–H groups in total. The SMILES string of the molecule is CCCCC(=O)N(C)c1cccc2c1OCCO2. The summed E-state index contributed by atoms with van der Waals surface area (Å²) in [5, 5.41) is 0. The van der Waals surface area contributed by atoms with Crippen LogP contribution in [0.3, 0.4) is 0 Å². The van der Waals surface area contributed by atoms with Gasteiger partial charge in [-0.15, -0.1) is 0 Å². The van der Waals surface area contributed by atoms with E-state index in [1.807, 2.05) is 18.2 Å². The molecule has 0 unspecified atom stereocenters. The number of para-hydroxylation sites is 1. The maximum Gasteiger partial charge on any atom is 0.226 e. The van der Waals surface area contributed by atoms with Crippen molar-refractivity contribution in [1.82, 2.24) is 0 Å². The normalized spacial score (nSPS) is 13.2. The summed E-state index contributed by atoms with van der Waals surface area (Å²) in [7, 11) is 1.78. The van der Waals surface area contributed by atoms with Gasteiger partial charge in [-0.2, -0.15) is 0 Å². The van der Waals surface area contributed by atoms with Gasteiger partial charge in [-0.1, -0.05) is 19.4 Å². The van der Waals surface area contributed by atoms with E-state index < -0.39 is 0 Å². The number of anilines is 1. The Labute approximate surface area is 107 Å². The Kier molecular flexibility index (Phi) is 4.07. The van der Waals surface area contributed by atoms with Gasteiger partial charge in [0.1, 0.15) is 13.2 Å². The smallest absolute Gasteiger partial charge is 0.226 e. The van der Waals surface area contributed by atoms with Gasteiger partial charge in [-0.05, 0) is 18.6 Å². The van der Waals surface area contributed by atoms with Crippen molar-refractivity contribution in [3.05, 3.63) is 18.2 Å². The summed E-state index contributed by atoms with van der Waals surface area (Å²) in [6.07, 6.45) is 2.50. The van der Waals surface area contributed by atoms with Gasteiger partial charge >= 0.3 is 0 Å². The molecule has 0 radical (unpaired) electrons. The molecule has 4 nitrogen and oxygen atoms in total. The molecule has 0 aliphatic carbocycles. The molecule has 4 heteroatoms. The largest absolute Gasteiger partial charge is 0.486 e. The lowest BCUT2D eigenvalue weighted by Gasteiger charge is -2.25. The van der Waals surface area contributed by atoms with Gasteiger partial charge < -0.3 is 14.4 Å². The maximum atomic E-state index is 12.0. The zero-order valence-electron chi connectivity index (χ0n) is 10.9. The number of rotatable bonds is 4. The molecule has 1 heterocycles. The number of unbranched alkanes of at least 4 members (excludes halogenated alkanes) is 1. The minimum atomic E-state index is 0.111. The first-order valence-corrected chi connectivity index (χ1v) is 6.39. The van der Waals surface area contributed by atoms with Crippen molar-refractivity contribution in [2.24, 2.45) is 0 Å². The van der Waals surface area contributed by atoms with E-state index in [0.29, 0.717) is 31.1 Å². The average Bonchev–Trinajstić information content (AvgIpc) is 2.43. The zero-order valence-corrected chi connectivity index (χ0v) is 10.9. The highest BCUT2D eigenvalue weighted by Crippen LogP contribution is 2.39. The van der Waals surface area contributed by atoms with Gasteiger partial charge in [0.25, 0.3) is 0 Å². The van der Waals surface area contributed by atoms with E-state index in [1.54, 1.807) is 11.9 Å². The van der Waals surface area contributed by atoms with E-state index in [9.17, 15) is 4.79 Å². The Morgan fingerprint density at radius 2 is 2.11 bits per heavy atom. The Bertz CT molecular complexity index is 431. The number of carbonyl (C=O) groups is 1. The third-order valence-corrected chi connectivity index (χ3v) is 3.03. The van der Waals surface area contributed by atoms with E-state index in [4.69, 9.17) is 9.47 Å². The van der Waals surface area contributed by atoms with Crippen LogP contribution >= 0.6 is 0 Å². The van der Waals surface area contributed by atoms with Crippen molar-refractivity contribution in [1.29, 1.82) is 0 Å². The van der Waals surface area contributed by atoms with Crippen LogP contribution in [-0.2, 0) is 4.79 Å². The summed E-state index contributed by atoms with van der Waals surface area (Å²) in [6.45, 7) is 3.17. The lowest BCUT2D eigenvalue weighted by Crippen LogP contribution is -2.27. The van der Waals surface area contributed by atoms with Gasteiger partial charge in [-0.3, -0.25) is 4.79 Å². The van der Waals surface area contributed by atoms with Gasteiger partial charge in [0.15, 0.2) is 11.5 Å². The molecule has 0 fully saturated rings. The van der Waals surface area contributed by atoms with Gasteiger partial charge in [0.2, 0.25) is 5.91 Å². The molecule has 1 aliphatic heterocycles. The van der Waals surface area contributed by atoms with Crippen LogP contribution < -0.4 is 14.4 Å². The number of hydrogen-bond acceptors (Lipinski definition) is 3. The molecular formula is C14H19NO3. The predicted octanol–water partition coefficient (Wildman–Crippen LogP) is 2.61. The fourth-order valence-corrected chi connectivity index (χ4v) is 1.95. The molecule has 1 aromatic rings. The Morgan fingerprint density at radius 1 is 1.33 bits per heavy atom. The lowest BCUT2D eigenvalue weighted by molar-refractivity contribution is -0.118. The molecule has 1 aromatic carbocycles. The molecule has 18 heavy (non-hydrogen) atoms. The van der Waals surface area contributed by atoms with Crippen molar-refractivity contribution < 1.29 is 14.3 Å². The summed E-state index contributed by atoms with van der Waals surface area (Å²) in [6, 6.07) is 5.63. The van der Waals surface area contributed by atoms with Crippen LogP contribution in [0.5, 0.6) is 11.5 Å². The summed E-state index contributed by atoms with van der Waals surface area (Å²) >= 11 is 0. The second-order valence-corrected chi connectivity index (χ2v) is 4.36. The number of ether oxygens (including phenoxy) is 2. The molecule has 98 valence electrons. The molecule has 1 amide bonds. The van der Waals surface area contributed by atoms with Crippen molar-refractivity contribution >= 4 is 11.6 Å². The van der Waals surface area contributed by atoms with E-state index in [-0.39, 0.29) is 5.91 Å². The number of nitrogens with zero attached hydrogens (tertiary/aromatic N) is 1. The molecule has 1 aliphatic rings. The van der Waals surface area contributed by atoms with Crippen LogP contribution in [0.1, 0.15) is 26.2 Å². The molecule has 0 aromatic heterocycles. The number of hydrogen-bond donors (Lipinski definition) is 0. The minimum absolute atomic E-state index is 0.111. The molecule has 0 saturated carbocycles. The number of benzene rings is 1. The first kappa shape index (κ1) is 12.7. The zero-order chi connectivity index (χ0) is 13.0. The molecule has 0 atom stereocenters. The summed E-state index contributed by atoms with van der Waals surface area (Å²) in [4.78, 5) is 13.7. The van der Waals surface area contributed by atoms with E-state index in [1.165, 1.54) is 0 Å². The van der Waals surface area contributed by atoms with Crippen LogP contribution in [0.15, 0.2) is 18.2 Å². The van der Waals surface area contributed by atoms with Gasteiger partial charge in [0, 0.05) is 13.5 Å². The topological polar surface area (TPSA) is 38.8 Å². The Morgan fingerprint density at radius 3 is 2.89 bits per heavy atom. The van der Waals surface area contributed by atoms with Crippen molar-refractivity contribution in [3.63, 3.8) is 0 Å². The van der Waals surface area contributed by atoms with E-state index >= 15 is 0 Å². The highest BCUT2D eigenvalue weighted by Gasteiger charge is 2.20. The fraction of sp³-hybridized carbons (Fsp3) is 0.500. The molecule has 2 rings (SSSR count). The number of carbonyl (C=O) groups excluding carboxylic acids is 1. The van der Waals surface area contributed by atoms with Crippen molar-refractivity contribution in [2.75, 3.05) is 25.2 Å². The van der Waals surface area contributed by atoms with Crippen LogP contribution in [0, 0.1) is 0 Å². The standard InChI is InChI=1S/C14H19NO3/c1-3-4-8-13(16)15(2)11-6-5-7-12-14(11)18-10-9-17-12/h5-7H,3-4,8-10H2,1-2H3. The molecule has 0 bridgehead atoms. The third-order valence-electron chi connectivity index (χ3n) is 3.03. The molecule has 0 saturated heterocycles. The number of amides is 1. The molecule has 0 spiro atoms. The third kappa shape index (κ3) is 2.58. The predicted molar refractivity (Wildman–Crippen MR) is 70.4 cm³/mol. The quantitative estimate of drug-likeness (QED) is 0.823. The van der Waals surface area contributed by atoms with Crippen molar-refractivity contribution in [2.45, 2.75) is 26.2 Å². The number of fused-ring (bicyclic) bond motifs is 1. The fourth-order valence-electron chi connectivity index (χ4n) is 1.95. The summed E-state index contributed by atoms with van der Waals surface area (Å²) in [5.41, 5.74) is 0.785. The highest BCUT2D eigenvalue weighted by molar-refractivity contribution is 5.94. The Hall–Kier alpha value is -1.71. The first-order valence-electron chi connectivity index (χ1n) is 6.39. The maximum absolute atomic E-state index is 12.0. The van der Waals surface area contributed by atoms with Gasteiger partial charge in [0.05, 0.1) is 5.69 Å². The van der Waals surface area contributed by atoms with Gasteiger partial charge in [-0.25, -0.2) is 0 Å².